The third-order valence-electron chi connectivity index (χ3n) is 3.79. The van der Waals surface area contributed by atoms with Crippen molar-refractivity contribution in [2.75, 3.05) is 20.3 Å². The first-order valence-corrected chi connectivity index (χ1v) is 7.27. The summed E-state index contributed by atoms with van der Waals surface area (Å²) in [5.74, 6) is 0. The van der Waals surface area contributed by atoms with Crippen molar-refractivity contribution >= 4 is 0 Å². The van der Waals surface area contributed by atoms with Gasteiger partial charge in [-0.1, -0.05) is 30.3 Å². The SMILES string of the molecule is CCOC1CC(NCCCc2ccccc2)C1OC. The standard InChI is InChI=1S/C16H25NO2/c1-3-19-15-12-14(16(15)18-2)17-11-7-10-13-8-5-4-6-9-13/h4-6,8-9,14-17H,3,7,10-12H2,1-2H3. The maximum absolute atomic E-state index is 5.62. The van der Waals surface area contributed by atoms with E-state index in [-0.39, 0.29) is 12.2 Å². The van der Waals surface area contributed by atoms with Crippen LogP contribution in [0.5, 0.6) is 0 Å². The quantitative estimate of drug-likeness (QED) is 0.731. The zero-order valence-corrected chi connectivity index (χ0v) is 12.0. The van der Waals surface area contributed by atoms with Gasteiger partial charge >= 0.3 is 0 Å². The fourth-order valence-electron chi connectivity index (χ4n) is 2.70. The van der Waals surface area contributed by atoms with E-state index in [4.69, 9.17) is 9.47 Å². The minimum Gasteiger partial charge on any atom is -0.377 e. The van der Waals surface area contributed by atoms with Crippen LogP contribution >= 0.6 is 0 Å². The molecule has 0 aliphatic heterocycles. The summed E-state index contributed by atoms with van der Waals surface area (Å²) < 4.78 is 11.1. The fourth-order valence-corrected chi connectivity index (χ4v) is 2.70. The van der Waals surface area contributed by atoms with Crippen LogP contribution in [0.2, 0.25) is 0 Å². The van der Waals surface area contributed by atoms with Gasteiger partial charge in [-0.15, -0.1) is 0 Å². The van der Waals surface area contributed by atoms with Crippen molar-refractivity contribution in [2.24, 2.45) is 0 Å². The second-order valence-electron chi connectivity index (χ2n) is 5.08. The summed E-state index contributed by atoms with van der Waals surface area (Å²) in [5.41, 5.74) is 1.41. The summed E-state index contributed by atoms with van der Waals surface area (Å²) in [4.78, 5) is 0. The molecule has 1 aromatic carbocycles. The highest BCUT2D eigenvalue weighted by atomic mass is 16.5. The number of hydrogen-bond acceptors (Lipinski definition) is 3. The number of aryl methyl sites for hydroxylation is 1. The van der Waals surface area contributed by atoms with Gasteiger partial charge in [0.15, 0.2) is 0 Å². The lowest BCUT2D eigenvalue weighted by Crippen LogP contribution is -2.59. The summed E-state index contributed by atoms with van der Waals surface area (Å²) in [7, 11) is 1.77. The predicted molar refractivity (Wildman–Crippen MR) is 77.4 cm³/mol. The van der Waals surface area contributed by atoms with Crippen LogP contribution in [-0.2, 0) is 15.9 Å². The lowest BCUT2D eigenvalue weighted by atomic mass is 9.85. The molecule has 3 nitrogen and oxygen atoms in total. The maximum Gasteiger partial charge on any atom is 0.0986 e. The summed E-state index contributed by atoms with van der Waals surface area (Å²) in [6.45, 7) is 3.84. The van der Waals surface area contributed by atoms with Gasteiger partial charge in [-0.05, 0) is 38.3 Å². The summed E-state index contributed by atoms with van der Waals surface area (Å²) in [6.07, 6.45) is 3.86. The maximum atomic E-state index is 5.62. The Kier molecular flexibility index (Phi) is 5.83. The molecule has 0 saturated heterocycles. The number of rotatable bonds is 8. The van der Waals surface area contributed by atoms with Crippen molar-refractivity contribution in [1.29, 1.82) is 0 Å². The molecule has 0 spiro atoms. The van der Waals surface area contributed by atoms with Gasteiger partial charge < -0.3 is 14.8 Å². The van der Waals surface area contributed by atoms with E-state index in [2.05, 4.69) is 35.6 Å². The van der Waals surface area contributed by atoms with Crippen LogP contribution in [0.4, 0.5) is 0 Å². The molecule has 0 aromatic heterocycles. The highest BCUT2D eigenvalue weighted by Crippen LogP contribution is 2.26. The molecule has 0 amide bonds. The van der Waals surface area contributed by atoms with E-state index < -0.39 is 0 Å². The molecule has 3 atom stereocenters. The Morgan fingerprint density at radius 3 is 2.74 bits per heavy atom. The van der Waals surface area contributed by atoms with Gasteiger partial charge in [0.25, 0.3) is 0 Å². The number of benzene rings is 1. The second-order valence-corrected chi connectivity index (χ2v) is 5.08. The number of ether oxygens (including phenoxy) is 2. The van der Waals surface area contributed by atoms with Crippen LogP contribution in [0.1, 0.15) is 25.3 Å². The van der Waals surface area contributed by atoms with E-state index in [1.807, 2.05) is 6.92 Å². The Morgan fingerprint density at radius 2 is 2.05 bits per heavy atom. The van der Waals surface area contributed by atoms with Crippen LogP contribution in [0.3, 0.4) is 0 Å². The molecule has 3 heteroatoms. The lowest BCUT2D eigenvalue weighted by molar-refractivity contribution is -0.131. The van der Waals surface area contributed by atoms with E-state index >= 15 is 0 Å². The predicted octanol–water partition coefficient (Wildman–Crippen LogP) is 2.40. The number of hydrogen-bond donors (Lipinski definition) is 1. The third kappa shape index (κ3) is 4.03. The van der Waals surface area contributed by atoms with E-state index in [9.17, 15) is 0 Å². The van der Waals surface area contributed by atoms with Gasteiger partial charge in [0.1, 0.15) is 0 Å². The fraction of sp³-hybridized carbons (Fsp3) is 0.625. The van der Waals surface area contributed by atoms with E-state index in [1.54, 1.807) is 7.11 Å². The average Bonchev–Trinajstić information content (AvgIpc) is 2.42. The lowest BCUT2D eigenvalue weighted by Gasteiger charge is -2.43. The van der Waals surface area contributed by atoms with Gasteiger partial charge in [0.05, 0.1) is 12.2 Å². The molecule has 1 aromatic rings. The first kappa shape index (κ1) is 14.5. The molecule has 1 fully saturated rings. The van der Waals surface area contributed by atoms with Gasteiger partial charge in [-0.2, -0.15) is 0 Å². The molecule has 1 N–H and O–H groups in total. The molecular weight excluding hydrogens is 238 g/mol. The Balaban J connectivity index is 1.61. The first-order valence-electron chi connectivity index (χ1n) is 7.27. The van der Waals surface area contributed by atoms with E-state index in [1.165, 1.54) is 5.56 Å². The monoisotopic (exact) mass is 263 g/mol. The van der Waals surface area contributed by atoms with E-state index in [0.29, 0.717) is 6.04 Å². The summed E-state index contributed by atoms with van der Waals surface area (Å²) >= 11 is 0. The Morgan fingerprint density at radius 1 is 1.26 bits per heavy atom. The van der Waals surface area contributed by atoms with Crippen LogP contribution in [0.25, 0.3) is 0 Å². The number of nitrogens with one attached hydrogen (secondary N) is 1. The van der Waals surface area contributed by atoms with Gasteiger partial charge in [-0.25, -0.2) is 0 Å². The molecule has 0 heterocycles. The van der Waals surface area contributed by atoms with Crippen molar-refractivity contribution in [3.63, 3.8) is 0 Å². The molecule has 3 unspecified atom stereocenters. The second kappa shape index (κ2) is 7.63. The third-order valence-corrected chi connectivity index (χ3v) is 3.79. The molecular formula is C16H25NO2. The Labute approximate surface area is 116 Å². The van der Waals surface area contributed by atoms with Gasteiger partial charge in [0.2, 0.25) is 0 Å². The van der Waals surface area contributed by atoms with Crippen molar-refractivity contribution < 1.29 is 9.47 Å². The molecule has 2 rings (SSSR count). The van der Waals surface area contributed by atoms with Crippen molar-refractivity contribution in [1.82, 2.24) is 5.32 Å². The largest absolute Gasteiger partial charge is 0.377 e. The average molecular weight is 263 g/mol. The van der Waals surface area contributed by atoms with Crippen LogP contribution < -0.4 is 5.32 Å². The molecule has 106 valence electrons. The van der Waals surface area contributed by atoms with E-state index in [0.717, 1.165) is 32.4 Å². The highest BCUT2D eigenvalue weighted by Gasteiger charge is 2.41. The zero-order valence-electron chi connectivity index (χ0n) is 12.0. The van der Waals surface area contributed by atoms with Crippen molar-refractivity contribution in [3.05, 3.63) is 35.9 Å². The molecule has 1 aliphatic rings. The molecule has 19 heavy (non-hydrogen) atoms. The number of methoxy groups -OCH3 is 1. The molecule has 1 aliphatic carbocycles. The van der Waals surface area contributed by atoms with Crippen molar-refractivity contribution in [2.45, 2.75) is 44.4 Å². The minimum atomic E-state index is 0.219. The van der Waals surface area contributed by atoms with Gasteiger partial charge in [-0.3, -0.25) is 0 Å². The zero-order chi connectivity index (χ0) is 13.5. The van der Waals surface area contributed by atoms with Crippen LogP contribution in [0, 0.1) is 0 Å². The van der Waals surface area contributed by atoms with Crippen molar-refractivity contribution in [3.8, 4) is 0 Å². The Bertz CT molecular complexity index is 355. The van der Waals surface area contributed by atoms with Gasteiger partial charge in [0, 0.05) is 19.8 Å². The topological polar surface area (TPSA) is 30.5 Å². The summed E-state index contributed by atoms with van der Waals surface area (Å²) in [6, 6.07) is 11.1. The summed E-state index contributed by atoms with van der Waals surface area (Å²) in [5, 5.41) is 3.57. The Hall–Kier alpha value is -0.900. The van der Waals surface area contributed by atoms with Crippen LogP contribution in [0.15, 0.2) is 30.3 Å². The van der Waals surface area contributed by atoms with Crippen LogP contribution in [-0.4, -0.2) is 38.5 Å². The molecule has 0 radical (unpaired) electrons. The highest BCUT2D eigenvalue weighted by molar-refractivity contribution is 5.14. The molecule has 0 bridgehead atoms. The molecule has 1 saturated carbocycles. The minimum absolute atomic E-state index is 0.219. The smallest absolute Gasteiger partial charge is 0.0986 e. The first-order chi connectivity index (χ1) is 9.35. The normalized spacial score (nSPS) is 26.1.